The Balaban J connectivity index is 1.58. The predicted molar refractivity (Wildman–Crippen MR) is 91.8 cm³/mol. The van der Waals surface area contributed by atoms with Crippen molar-refractivity contribution in [1.29, 1.82) is 0 Å². The molecule has 1 fully saturated rings. The fourth-order valence-electron chi connectivity index (χ4n) is 3.40. The Morgan fingerprint density at radius 2 is 2.00 bits per heavy atom. The molecule has 140 valence electrons. The van der Waals surface area contributed by atoms with Crippen LogP contribution >= 0.6 is 15.9 Å². The van der Waals surface area contributed by atoms with Crippen LogP contribution in [0, 0.1) is 11.6 Å². The highest BCUT2D eigenvalue weighted by Gasteiger charge is 2.62. The van der Waals surface area contributed by atoms with Crippen LogP contribution in [0.25, 0.3) is 0 Å². The van der Waals surface area contributed by atoms with E-state index in [2.05, 4.69) is 31.2 Å². The first-order valence-electron chi connectivity index (χ1n) is 8.01. The second kappa shape index (κ2) is 6.29. The lowest BCUT2D eigenvalue weighted by Crippen LogP contribution is -2.48. The maximum Gasteiger partial charge on any atom is 0.254 e. The van der Waals surface area contributed by atoms with Crippen LogP contribution < -0.4 is 5.32 Å². The number of halogens is 4. The summed E-state index contributed by atoms with van der Waals surface area (Å²) in [6.45, 7) is -0.490. The molecule has 1 unspecified atom stereocenters. The number of nitrogens with zero attached hydrogens (tertiary/aromatic N) is 3. The molecular formula is C17H12BrF3N4O2. The van der Waals surface area contributed by atoms with Crippen LogP contribution in [0.4, 0.5) is 19.1 Å². The van der Waals surface area contributed by atoms with Crippen molar-refractivity contribution in [3.63, 3.8) is 0 Å². The van der Waals surface area contributed by atoms with Crippen molar-refractivity contribution >= 4 is 33.7 Å². The van der Waals surface area contributed by atoms with Crippen molar-refractivity contribution in [2.24, 2.45) is 0 Å². The first-order valence-corrected chi connectivity index (χ1v) is 8.80. The van der Waals surface area contributed by atoms with Crippen LogP contribution in [0.3, 0.4) is 0 Å². The van der Waals surface area contributed by atoms with Gasteiger partial charge in [0, 0.05) is 17.7 Å². The van der Waals surface area contributed by atoms with E-state index in [1.807, 2.05) is 0 Å². The topological polar surface area (TPSA) is 75.2 Å². The molecule has 2 heterocycles. The number of alkyl halides is 1. The molecule has 27 heavy (non-hydrogen) atoms. The summed E-state index contributed by atoms with van der Waals surface area (Å²) in [6, 6.07) is 2.80. The number of hydrogen-bond donors (Lipinski definition) is 1. The minimum atomic E-state index is -1.29. The third-order valence-corrected chi connectivity index (χ3v) is 5.38. The second-order valence-corrected chi connectivity index (χ2v) is 7.40. The highest BCUT2D eigenvalue weighted by atomic mass is 79.9. The van der Waals surface area contributed by atoms with Gasteiger partial charge in [0.15, 0.2) is 5.82 Å². The molecule has 0 radical (unpaired) electrons. The Morgan fingerprint density at radius 3 is 2.63 bits per heavy atom. The predicted octanol–water partition coefficient (Wildman–Crippen LogP) is 2.59. The zero-order valence-electron chi connectivity index (χ0n) is 13.7. The van der Waals surface area contributed by atoms with Gasteiger partial charge in [-0.25, -0.2) is 23.1 Å². The van der Waals surface area contributed by atoms with Gasteiger partial charge in [-0.1, -0.05) is 0 Å². The Labute approximate surface area is 159 Å². The normalized spacial score (nSPS) is 23.3. The van der Waals surface area contributed by atoms with E-state index in [1.54, 1.807) is 0 Å². The molecule has 0 saturated heterocycles. The fraction of sp³-hybridized carbons (Fsp3) is 0.294. The van der Waals surface area contributed by atoms with E-state index in [4.69, 9.17) is 0 Å². The summed E-state index contributed by atoms with van der Waals surface area (Å²) in [6.07, 6.45) is 0.565. The monoisotopic (exact) mass is 440 g/mol. The summed E-state index contributed by atoms with van der Waals surface area (Å²) in [5.74, 6) is -2.61. The lowest BCUT2D eigenvalue weighted by molar-refractivity contribution is -0.117. The van der Waals surface area contributed by atoms with E-state index in [-0.39, 0.29) is 41.1 Å². The molecule has 1 spiro atoms. The second-order valence-electron chi connectivity index (χ2n) is 6.55. The van der Waals surface area contributed by atoms with E-state index in [0.717, 1.165) is 12.4 Å². The minimum absolute atomic E-state index is 0.0490. The molecule has 0 bridgehead atoms. The van der Waals surface area contributed by atoms with Gasteiger partial charge >= 0.3 is 0 Å². The fourth-order valence-corrected chi connectivity index (χ4v) is 3.73. The summed E-state index contributed by atoms with van der Waals surface area (Å²) in [5, 5.41) is 2.34. The van der Waals surface area contributed by atoms with E-state index >= 15 is 0 Å². The number of aromatic nitrogens is 2. The summed E-state index contributed by atoms with van der Waals surface area (Å²) in [5.41, 5.74) is -1.02. The number of carbonyl (C=O) groups excluding carboxylic acids is 2. The van der Waals surface area contributed by atoms with E-state index in [9.17, 15) is 22.8 Å². The van der Waals surface area contributed by atoms with Gasteiger partial charge in [0.05, 0.1) is 22.3 Å². The van der Waals surface area contributed by atoms with Gasteiger partial charge in [-0.05, 0) is 34.5 Å². The van der Waals surface area contributed by atoms with Crippen LogP contribution in [-0.4, -0.2) is 45.9 Å². The summed E-state index contributed by atoms with van der Waals surface area (Å²) in [4.78, 5) is 33.3. The van der Waals surface area contributed by atoms with Crippen molar-refractivity contribution in [2.45, 2.75) is 18.0 Å². The van der Waals surface area contributed by atoms with Crippen LogP contribution in [0.1, 0.15) is 22.3 Å². The maximum atomic E-state index is 14.6. The summed E-state index contributed by atoms with van der Waals surface area (Å²) in [7, 11) is 0. The van der Waals surface area contributed by atoms with Gasteiger partial charge in [-0.15, -0.1) is 0 Å². The Morgan fingerprint density at radius 1 is 1.33 bits per heavy atom. The molecule has 1 aromatic heterocycles. The number of anilines is 1. The molecule has 1 N–H and O–H groups in total. The van der Waals surface area contributed by atoms with Crippen molar-refractivity contribution in [3.05, 3.63) is 51.8 Å². The molecule has 2 amide bonds. The number of carbonyl (C=O) groups is 2. The SMILES string of the molecule is O=C(CN1C[C@@]2(CC2F)c2c(ccc(Br)c2F)C1=O)Nc1ncc(F)cn1. The zero-order valence-corrected chi connectivity index (χ0v) is 15.3. The zero-order chi connectivity index (χ0) is 19.3. The number of hydrogen-bond acceptors (Lipinski definition) is 4. The largest absolute Gasteiger partial charge is 0.328 e. The van der Waals surface area contributed by atoms with Crippen LogP contribution in [0.5, 0.6) is 0 Å². The number of fused-ring (bicyclic) bond motifs is 2. The van der Waals surface area contributed by atoms with Gasteiger partial charge in [0.1, 0.15) is 18.5 Å². The average Bonchev–Trinajstić information content (AvgIpc) is 3.26. The first kappa shape index (κ1) is 17.9. The molecule has 6 nitrogen and oxygen atoms in total. The van der Waals surface area contributed by atoms with Gasteiger partial charge in [0.2, 0.25) is 11.9 Å². The first-order chi connectivity index (χ1) is 12.8. The van der Waals surface area contributed by atoms with Crippen molar-refractivity contribution in [1.82, 2.24) is 14.9 Å². The van der Waals surface area contributed by atoms with Crippen LogP contribution in [0.15, 0.2) is 29.0 Å². The van der Waals surface area contributed by atoms with E-state index in [0.29, 0.717) is 0 Å². The molecule has 1 aromatic carbocycles. The Bertz CT molecular complexity index is 956. The number of nitrogens with one attached hydrogen (secondary N) is 1. The Hall–Kier alpha value is -2.49. The molecule has 2 aromatic rings. The van der Waals surface area contributed by atoms with Gasteiger partial charge < -0.3 is 4.90 Å². The average molecular weight is 441 g/mol. The maximum absolute atomic E-state index is 14.6. The summed E-state index contributed by atoms with van der Waals surface area (Å²) >= 11 is 3.06. The molecule has 1 saturated carbocycles. The molecule has 2 aliphatic rings. The lowest BCUT2D eigenvalue weighted by atomic mass is 9.85. The smallest absolute Gasteiger partial charge is 0.254 e. The number of rotatable bonds is 3. The third kappa shape index (κ3) is 2.97. The number of amides is 2. The van der Waals surface area contributed by atoms with Gasteiger partial charge in [-0.3, -0.25) is 14.9 Å². The molecule has 1 aliphatic heterocycles. The van der Waals surface area contributed by atoms with Crippen molar-refractivity contribution in [3.8, 4) is 0 Å². The van der Waals surface area contributed by atoms with E-state index in [1.165, 1.54) is 17.0 Å². The Kier molecular flexibility index (Phi) is 4.17. The molecular weight excluding hydrogens is 429 g/mol. The molecule has 4 rings (SSSR count). The van der Waals surface area contributed by atoms with E-state index < -0.39 is 35.0 Å². The third-order valence-electron chi connectivity index (χ3n) is 4.77. The van der Waals surface area contributed by atoms with Gasteiger partial charge in [-0.2, -0.15) is 0 Å². The van der Waals surface area contributed by atoms with Crippen molar-refractivity contribution in [2.75, 3.05) is 18.4 Å². The standard InChI is InChI=1S/C17H12BrF3N4O2/c18-10-2-1-9-13(14(10)21)17(3-11(17)20)7-25(15(9)27)6-12(26)24-16-22-4-8(19)5-23-16/h1-2,4-5,11H,3,6-7H2,(H,22,23,24,26)/t11?,17-/m1/s1. The quantitative estimate of drug-likeness (QED) is 0.795. The molecule has 10 heteroatoms. The van der Waals surface area contributed by atoms with Crippen molar-refractivity contribution < 1.29 is 22.8 Å². The van der Waals surface area contributed by atoms with Crippen LogP contribution in [0.2, 0.25) is 0 Å². The number of benzene rings is 1. The lowest BCUT2D eigenvalue weighted by Gasteiger charge is -2.34. The highest BCUT2D eigenvalue weighted by molar-refractivity contribution is 9.10. The molecule has 1 aliphatic carbocycles. The minimum Gasteiger partial charge on any atom is -0.328 e. The van der Waals surface area contributed by atoms with Gasteiger partial charge in [0.25, 0.3) is 5.91 Å². The molecule has 2 atom stereocenters. The summed E-state index contributed by atoms with van der Waals surface area (Å²) < 4.78 is 41.7. The van der Waals surface area contributed by atoms with Crippen LogP contribution in [-0.2, 0) is 10.2 Å². The highest BCUT2D eigenvalue weighted by Crippen LogP contribution is 2.55.